The molecular weight excluding hydrogens is 256 g/mol. The van der Waals surface area contributed by atoms with Crippen LogP contribution in [0, 0.1) is 5.92 Å². The number of aliphatic carboxylic acids is 2. The number of hydrogen-bond donors (Lipinski definition) is 2. The molecule has 0 spiro atoms. The molecule has 0 amide bonds. The van der Waals surface area contributed by atoms with Gasteiger partial charge in [-0.25, -0.2) is 0 Å². The second-order valence-corrected chi connectivity index (χ2v) is 4.13. The van der Waals surface area contributed by atoms with E-state index < -0.39 is 17.9 Å². The molecule has 20 heavy (non-hydrogen) atoms. The molecule has 2 aromatic carbocycles. The van der Waals surface area contributed by atoms with Gasteiger partial charge in [0, 0.05) is 0 Å². The lowest BCUT2D eigenvalue weighted by molar-refractivity contribution is -0.153. The van der Waals surface area contributed by atoms with Crippen molar-refractivity contribution < 1.29 is 19.8 Å². The van der Waals surface area contributed by atoms with E-state index in [9.17, 15) is 9.59 Å². The van der Waals surface area contributed by atoms with E-state index in [2.05, 4.69) is 48.5 Å². The maximum absolute atomic E-state index is 9.76. The van der Waals surface area contributed by atoms with Crippen molar-refractivity contribution in [1.29, 1.82) is 0 Å². The first-order valence-corrected chi connectivity index (χ1v) is 6.08. The zero-order chi connectivity index (χ0) is 15.0. The Kier molecular flexibility index (Phi) is 5.97. The molecule has 0 saturated heterocycles. The van der Waals surface area contributed by atoms with E-state index in [0.29, 0.717) is 0 Å². The molecule has 0 bridgehead atoms. The molecule has 2 rings (SSSR count). The Bertz CT molecular complexity index is 498. The van der Waals surface area contributed by atoms with Crippen LogP contribution in [0.2, 0.25) is 0 Å². The first-order chi connectivity index (χ1) is 9.52. The molecule has 104 valence electrons. The Hall–Kier alpha value is -2.62. The standard InChI is InChI=1S/C12H10.C4H6O4/c1-3-7-11(8-4-1)12-9-5-2-6-10-12;1-2(3(5)6)4(7)8/h1-10H;2H,1H3,(H,5,6)(H,7,8). The van der Waals surface area contributed by atoms with Crippen molar-refractivity contribution in [3.05, 3.63) is 60.7 Å². The summed E-state index contributed by atoms with van der Waals surface area (Å²) in [6.07, 6.45) is 0. The Morgan fingerprint density at radius 1 is 0.750 bits per heavy atom. The SMILES string of the molecule is CC(C(=O)O)C(=O)O.c1ccc(-c2ccccc2)cc1. The monoisotopic (exact) mass is 272 g/mol. The van der Waals surface area contributed by atoms with Crippen molar-refractivity contribution >= 4 is 11.9 Å². The minimum atomic E-state index is -1.31. The Morgan fingerprint density at radius 2 is 1.05 bits per heavy atom. The summed E-state index contributed by atoms with van der Waals surface area (Å²) < 4.78 is 0. The highest BCUT2D eigenvalue weighted by molar-refractivity contribution is 5.92. The van der Waals surface area contributed by atoms with Crippen molar-refractivity contribution in [2.75, 3.05) is 0 Å². The molecular formula is C16H16O4. The minimum Gasteiger partial charge on any atom is -0.481 e. The molecule has 4 nitrogen and oxygen atoms in total. The van der Waals surface area contributed by atoms with Crippen LogP contribution in [0.25, 0.3) is 11.1 Å². The molecule has 0 aliphatic rings. The van der Waals surface area contributed by atoms with Gasteiger partial charge in [0.15, 0.2) is 5.92 Å². The number of benzene rings is 2. The summed E-state index contributed by atoms with van der Waals surface area (Å²) in [5.41, 5.74) is 2.55. The maximum atomic E-state index is 9.76. The lowest BCUT2D eigenvalue weighted by Gasteiger charge is -1.98. The number of rotatable bonds is 3. The van der Waals surface area contributed by atoms with Gasteiger partial charge in [0.25, 0.3) is 0 Å². The Labute approximate surface area is 117 Å². The molecule has 2 aromatic rings. The van der Waals surface area contributed by atoms with Crippen molar-refractivity contribution in [3.8, 4) is 11.1 Å². The quantitative estimate of drug-likeness (QED) is 0.842. The largest absolute Gasteiger partial charge is 0.481 e. The molecule has 0 unspecified atom stereocenters. The number of carbonyl (C=O) groups is 2. The first-order valence-electron chi connectivity index (χ1n) is 6.08. The molecule has 0 aromatic heterocycles. The normalized spacial score (nSPS) is 9.50. The van der Waals surface area contributed by atoms with Gasteiger partial charge in [-0.3, -0.25) is 9.59 Å². The fourth-order valence-corrected chi connectivity index (χ4v) is 1.37. The third-order valence-electron chi connectivity index (χ3n) is 2.62. The van der Waals surface area contributed by atoms with Gasteiger partial charge in [-0.05, 0) is 18.1 Å². The summed E-state index contributed by atoms with van der Waals surface area (Å²) in [7, 11) is 0. The van der Waals surface area contributed by atoms with Crippen LogP contribution in [-0.2, 0) is 9.59 Å². The Balaban J connectivity index is 0.000000221. The average molecular weight is 272 g/mol. The van der Waals surface area contributed by atoms with Gasteiger partial charge < -0.3 is 10.2 Å². The molecule has 0 fully saturated rings. The van der Waals surface area contributed by atoms with E-state index in [0.717, 1.165) is 6.92 Å². The van der Waals surface area contributed by atoms with E-state index in [4.69, 9.17) is 10.2 Å². The Morgan fingerprint density at radius 3 is 1.25 bits per heavy atom. The lowest BCUT2D eigenvalue weighted by Crippen LogP contribution is -2.19. The van der Waals surface area contributed by atoms with Crippen molar-refractivity contribution in [1.82, 2.24) is 0 Å². The van der Waals surface area contributed by atoms with E-state index in [1.165, 1.54) is 11.1 Å². The summed E-state index contributed by atoms with van der Waals surface area (Å²) >= 11 is 0. The van der Waals surface area contributed by atoms with E-state index in [-0.39, 0.29) is 0 Å². The van der Waals surface area contributed by atoms with Crippen LogP contribution in [-0.4, -0.2) is 22.2 Å². The molecule has 0 radical (unpaired) electrons. The predicted molar refractivity (Wildman–Crippen MR) is 76.3 cm³/mol. The summed E-state index contributed by atoms with van der Waals surface area (Å²) in [6.45, 7) is 1.12. The highest BCUT2D eigenvalue weighted by atomic mass is 16.4. The second kappa shape index (κ2) is 7.74. The molecule has 0 saturated carbocycles. The first kappa shape index (κ1) is 15.4. The fraction of sp³-hybridized carbons (Fsp3) is 0.125. The fourth-order valence-electron chi connectivity index (χ4n) is 1.37. The maximum Gasteiger partial charge on any atom is 0.317 e. The zero-order valence-electron chi connectivity index (χ0n) is 11.1. The van der Waals surface area contributed by atoms with Gasteiger partial charge >= 0.3 is 11.9 Å². The van der Waals surface area contributed by atoms with Gasteiger partial charge in [0.05, 0.1) is 0 Å². The van der Waals surface area contributed by atoms with Crippen LogP contribution >= 0.6 is 0 Å². The van der Waals surface area contributed by atoms with Gasteiger partial charge in [0.1, 0.15) is 0 Å². The van der Waals surface area contributed by atoms with Crippen molar-refractivity contribution in [3.63, 3.8) is 0 Å². The molecule has 0 aliphatic carbocycles. The molecule has 0 aliphatic heterocycles. The van der Waals surface area contributed by atoms with Crippen LogP contribution in [0.4, 0.5) is 0 Å². The number of carboxylic acids is 2. The van der Waals surface area contributed by atoms with Gasteiger partial charge in [-0.15, -0.1) is 0 Å². The highest BCUT2D eigenvalue weighted by Gasteiger charge is 2.18. The van der Waals surface area contributed by atoms with Crippen molar-refractivity contribution in [2.45, 2.75) is 6.92 Å². The molecule has 4 heteroatoms. The summed E-state index contributed by atoms with van der Waals surface area (Å²) in [6, 6.07) is 20.8. The minimum absolute atomic E-state index is 1.12. The highest BCUT2D eigenvalue weighted by Crippen LogP contribution is 2.17. The number of carboxylic acid groups (broad SMARTS) is 2. The lowest BCUT2D eigenvalue weighted by atomic mass is 10.1. The van der Waals surface area contributed by atoms with Gasteiger partial charge in [-0.2, -0.15) is 0 Å². The summed E-state index contributed by atoms with van der Waals surface area (Å²) in [5, 5.41) is 15.9. The molecule has 0 atom stereocenters. The van der Waals surface area contributed by atoms with Gasteiger partial charge in [0.2, 0.25) is 0 Å². The second-order valence-electron chi connectivity index (χ2n) is 4.13. The van der Waals surface area contributed by atoms with Crippen LogP contribution < -0.4 is 0 Å². The van der Waals surface area contributed by atoms with Crippen LogP contribution in [0.15, 0.2) is 60.7 Å². The van der Waals surface area contributed by atoms with Crippen LogP contribution in [0.5, 0.6) is 0 Å². The van der Waals surface area contributed by atoms with Crippen LogP contribution in [0.1, 0.15) is 6.92 Å². The third-order valence-corrected chi connectivity index (χ3v) is 2.62. The van der Waals surface area contributed by atoms with Crippen LogP contribution in [0.3, 0.4) is 0 Å². The predicted octanol–water partition coefficient (Wildman–Crippen LogP) is 3.15. The third kappa shape index (κ3) is 4.94. The average Bonchev–Trinajstić information content (AvgIpc) is 2.48. The van der Waals surface area contributed by atoms with E-state index in [1.807, 2.05) is 12.1 Å². The summed E-state index contributed by atoms with van der Waals surface area (Å²) in [4.78, 5) is 19.5. The zero-order valence-corrected chi connectivity index (χ0v) is 11.1. The van der Waals surface area contributed by atoms with Crippen molar-refractivity contribution in [2.24, 2.45) is 5.92 Å². The summed E-state index contributed by atoms with van der Waals surface area (Å²) in [5.74, 6) is -3.91. The number of hydrogen-bond acceptors (Lipinski definition) is 2. The van der Waals surface area contributed by atoms with E-state index >= 15 is 0 Å². The van der Waals surface area contributed by atoms with E-state index in [1.54, 1.807) is 0 Å². The van der Waals surface area contributed by atoms with Gasteiger partial charge in [-0.1, -0.05) is 60.7 Å². The molecule has 0 heterocycles. The smallest absolute Gasteiger partial charge is 0.317 e. The topological polar surface area (TPSA) is 74.6 Å². The molecule has 2 N–H and O–H groups in total.